The van der Waals surface area contributed by atoms with Crippen molar-refractivity contribution in [2.45, 2.75) is 32.2 Å². The number of methoxy groups -OCH3 is 1. The van der Waals surface area contributed by atoms with Gasteiger partial charge in [0, 0.05) is 36.9 Å². The summed E-state index contributed by atoms with van der Waals surface area (Å²) < 4.78 is 18.0. The summed E-state index contributed by atoms with van der Waals surface area (Å²) in [5.41, 5.74) is 1.36. The van der Waals surface area contributed by atoms with Crippen LogP contribution in [0.3, 0.4) is 0 Å². The molecule has 0 aliphatic carbocycles. The summed E-state index contributed by atoms with van der Waals surface area (Å²) in [7, 11) is 1.31. The van der Waals surface area contributed by atoms with Crippen LogP contribution in [0.25, 0.3) is 10.9 Å². The van der Waals surface area contributed by atoms with Crippen molar-refractivity contribution in [2.75, 3.05) is 12.4 Å². The lowest BCUT2D eigenvalue weighted by molar-refractivity contribution is -0.140. The molecule has 0 aliphatic heterocycles. The number of hydrogen-bond acceptors (Lipinski definition) is 7. The van der Waals surface area contributed by atoms with Crippen molar-refractivity contribution in [3.8, 4) is 0 Å². The molecular weight excluding hydrogens is 413 g/mol. The minimum absolute atomic E-state index is 0.161. The Kier molecular flexibility index (Phi) is 6.72. The summed E-state index contributed by atoms with van der Waals surface area (Å²) in [5.74, 6) is -1.55. The predicted octanol–water partition coefficient (Wildman–Crippen LogP) is 1.95. The fraction of sp³-hybridized carbons (Fsp3) is 0.316. The number of carbonyl (C=O) groups excluding carboxylic acids is 3. The van der Waals surface area contributed by atoms with Gasteiger partial charge in [-0.3, -0.25) is 19.7 Å². The summed E-state index contributed by atoms with van der Waals surface area (Å²) in [5, 5.41) is 14.7. The van der Waals surface area contributed by atoms with Gasteiger partial charge in [-0.15, -0.1) is 10.2 Å². The van der Waals surface area contributed by atoms with Gasteiger partial charge in [0.15, 0.2) is 0 Å². The highest BCUT2D eigenvalue weighted by atomic mass is 32.1. The van der Waals surface area contributed by atoms with E-state index in [4.69, 9.17) is 0 Å². The number of halogens is 1. The van der Waals surface area contributed by atoms with Gasteiger partial charge in [0.05, 0.1) is 13.5 Å². The van der Waals surface area contributed by atoms with Crippen molar-refractivity contribution in [2.24, 2.45) is 0 Å². The molecule has 2 heterocycles. The second-order valence-electron chi connectivity index (χ2n) is 6.53. The highest BCUT2D eigenvalue weighted by Gasteiger charge is 2.23. The molecule has 3 aromatic rings. The molecule has 1 unspecified atom stereocenters. The standard InChI is InChI=1S/C19H20FN5O4S/c1-10(26)22-15(7-11-9-21-14-8-12(20)3-4-13(11)14)18(28)23-19-25-24-16(30-19)5-6-17(27)29-2/h3-4,8-9,15,21H,5-7H2,1-2H3,(H,22,26)(H,23,25,28). The molecule has 0 spiro atoms. The summed E-state index contributed by atoms with van der Waals surface area (Å²) in [4.78, 5) is 38.6. The van der Waals surface area contributed by atoms with E-state index < -0.39 is 11.9 Å². The Morgan fingerprint density at radius 3 is 2.83 bits per heavy atom. The minimum atomic E-state index is -0.867. The number of esters is 1. The maximum Gasteiger partial charge on any atom is 0.305 e. The first kappa shape index (κ1) is 21.4. The Labute approximate surface area is 175 Å². The van der Waals surface area contributed by atoms with Gasteiger partial charge in [-0.1, -0.05) is 11.3 Å². The van der Waals surface area contributed by atoms with Gasteiger partial charge in [0.2, 0.25) is 16.9 Å². The highest BCUT2D eigenvalue weighted by Crippen LogP contribution is 2.22. The van der Waals surface area contributed by atoms with Crippen molar-refractivity contribution >= 4 is 45.2 Å². The molecule has 1 atom stereocenters. The molecule has 158 valence electrons. The SMILES string of the molecule is COC(=O)CCc1nnc(NC(=O)C(Cc2c[nH]c3cc(F)ccc23)NC(C)=O)s1. The molecule has 0 saturated heterocycles. The van der Waals surface area contributed by atoms with E-state index in [0.29, 0.717) is 16.9 Å². The molecule has 3 rings (SSSR count). The van der Waals surface area contributed by atoms with E-state index in [1.54, 1.807) is 12.3 Å². The van der Waals surface area contributed by atoms with Crippen LogP contribution in [0.15, 0.2) is 24.4 Å². The fourth-order valence-electron chi connectivity index (χ4n) is 2.91. The van der Waals surface area contributed by atoms with Crippen molar-refractivity contribution in [1.29, 1.82) is 0 Å². The summed E-state index contributed by atoms with van der Waals surface area (Å²) in [6.07, 6.45) is 2.39. The Bertz CT molecular complexity index is 1080. The number of carbonyl (C=O) groups is 3. The number of fused-ring (bicyclic) bond motifs is 1. The molecule has 1 aromatic carbocycles. The third-order valence-electron chi connectivity index (χ3n) is 4.32. The van der Waals surface area contributed by atoms with Gasteiger partial charge in [-0.05, 0) is 23.8 Å². The van der Waals surface area contributed by atoms with Crippen molar-refractivity contribution in [3.63, 3.8) is 0 Å². The number of anilines is 1. The average molecular weight is 433 g/mol. The number of nitrogens with one attached hydrogen (secondary N) is 3. The summed E-state index contributed by atoms with van der Waals surface area (Å²) >= 11 is 1.14. The maximum atomic E-state index is 13.4. The van der Waals surface area contributed by atoms with Crippen molar-refractivity contribution in [1.82, 2.24) is 20.5 Å². The molecule has 0 aliphatic rings. The second-order valence-corrected chi connectivity index (χ2v) is 7.59. The van der Waals surface area contributed by atoms with Crippen LogP contribution in [0.5, 0.6) is 0 Å². The van der Waals surface area contributed by atoms with Crippen LogP contribution in [0.4, 0.5) is 9.52 Å². The quantitative estimate of drug-likeness (QED) is 0.466. The molecule has 30 heavy (non-hydrogen) atoms. The van der Waals surface area contributed by atoms with Gasteiger partial charge in [-0.2, -0.15) is 0 Å². The lowest BCUT2D eigenvalue weighted by Crippen LogP contribution is -2.44. The smallest absolute Gasteiger partial charge is 0.305 e. The molecule has 0 bridgehead atoms. The zero-order chi connectivity index (χ0) is 21.7. The van der Waals surface area contributed by atoms with Crippen molar-refractivity contribution in [3.05, 3.63) is 40.8 Å². The Balaban J connectivity index is 1.70. The van der Waals surface area contributed by atoms with E-state index in [-0.39, 0.29) is 35.7 Å². The monoisotopic (exact) mass is 433 g/mol. The van der Waals surface area contributed by atoms with E-state index in [0.717, 1.165) is 22.3 Å². The van der Waals surface area contributed by atoms with Crippen LogP contribution in [-0.2, 0) is 32.0 Å². The maximum absolute atomic E-state index is 13.4. The number of aryl methyl sites for hydroxylation is 1. The first-order chi connectivity index (χ1) is 14.4. The van der Waals surface area contributed by atoms with Gasteiger partial charge in [0.1, 0.15) is 16.9 Å². The van der Waals surface area contributed by atoms with E-state index in [1.807, 2.05) is 0 Å². The molecule has 0 fully saturated rings. The van der Waals surface area contributed by atoms with Crippen LogP contribution in [-0.4, -0.2) is 46.1 Å². The van der Waals surface area contributed by atoms with Crippen LogP contribution in [0.1, 0.15) is 23.9 Å². The number of aromatic nitrogens is 3. The van der Waals surface area contributed by atoms with Crippen LogP contribution < -0.4 is 10.6 Å². The molecule has 3 N–H and O–H groups in total. The van der Waals surface area contributed by atoms with Gasteiger partial charge in [-0.25, -0.2) is 4.39 Å². The molecule has 2 amide bonds. The van der Waals surface area contributed by atoms with E-state index in [9.17, 15) is 18.8 Å². The predicted molar refractivity (Wildman–Crippen MR) is 108 cm³/mol. The number of nitrogens with zero attached hydrogens (tertiary/aromatic N) is 2. The largest absolute Gasteiger partial charge is 0.469 e. The molecule has 0 radical (unpaired) electrons. The normalized spacial score (nSPS) is 11.8. The number of rotatable bonds is 8. The fourth-order valence-corrected chi connectivity index (χ4v) is 3.65. The number of H-pyrrole nitrogens is 1. The van der Waals surface area contributed by atoms with Crippen LogP contribution in [0, 0.1) is 5.82 Å². The second kappa shape index (κ2) is 9.44. The topological polar surface area (TPSA) is 126 Å². The molecule has 2 aromatic heterocycles. The van der Waals surface area contributed by atoms with Gasteiger partial charge in [0.25, 0.3) is 0 Å². The Morgan fingerprint density at radius 2 is 2.10 bits per heavy atom. The van der Waals surface area contributed by atoms with Crippen LogP contribution >= 0.6 is 11.3 Å². The highest BCUT2D eigenvalue weighted by molar-refractivity contribution is 7.15. The number of aromatic amines is 1. The van der Waals surface area contributed by atoms with Crippen molar-refractivity contribution < 1.29 is 23.5 Å². The van der Waals surface area contributed by atoms with Gasteiger partial charge < -0.3 is 15.0 Å². The van der Waals surface area contributed by atoms with Gasteiger partial charge >= 0.3 is 5.97 Å². The first-order valence-electron chi connectivity index (χ1n) is 9.08. The molecule has 9 nitrogen and oxygen atoms in total. The summed E-state index contributed by atoms with van der Waals surface area (Å²) in [6, 6.07) is 3.46. The van der Waals surface area contributed by atoms with E-state index in [1.165, 1.54) is 26.2 Å². The lowest BCUT2D eigenvalue weighted by atomic mass is 10.0. The molecular formula is C19H20FN5O4S. The average Bonchev–Trinajstić information content (AvgIpc) is 3.31. The zero-order valence-corrected chi connectivity index (χ0v) is 17.1. The number of benzene rings is 1. The van der Waals surface area contributed by atoms with E-state index in [2.05, 4.69) is 30.6 Å². The third kappa shape index (κ3) is 5.38. The number of hydrogen-bond donors (Lipinski definition) is 3. The molecule has 11 heteroatoms. The molecule has 0 saturated carbocycles. The summed E-state index contributed by atoms with van der Waals surface area (Å²) in [6.45, 7) is 1.32. The number of amides is 2. The first-order valence-corrected chi connectivity index (χ1v) is 9.90. The Hall–Kier alpha value is -3.34. The zero-order valence-electron chi connectivity index (χ0n) is 16.3. The lowest BCUT2D eigenvalue weighted by Gasteiger charge is -2.16. The minimum Gasteiger partial charge on any atom is -0.469 e. The Morgan fingerprint density at radius 1 is 1.30 bits per heavy atom. The van der Waals surface area contributed by atoms with Crippen LogP contribution in [0.2, 0.25) is 0 Å². The third-order valence-corrected chi connectivity index (χ3v) is 5.21. The number of ether oxygens (including phenoxy) is 1. The van der Waals surface area contributed by atoms with E-state index >= 15 is 0 Å².